The van der Waals surface area contributed by atoms with Gasteiger partial charge in [0.05, 0.1) is 5.41 Å². The molecule has 0 saturated heterocycles. The van der Waals surface area contributed by atoms with E-state index in [9.17, 15) is 9.59 Å². The van der Waals surface area contributed by atoms with Crippen LogP contribution < -0.4 is 10.1 Å². The minimum absolute atomic E-state index is 0.150. The third-order valence-corrected chi connectivity index (χ3v) is 4.56. The average Bonchev–Trinajstić information content (AvgIpc) is 3.41. The number of carboxylic acid groups (broad SMARTS) is 1. The molecule has 2 aromatic carbocycles. The summed E-state index contributed by atoms with van der Waals surface area (Å²) in [7, 11) is 0. The molecule has 1 fully saturated rings. The number of carbonyl (C=O) groups excluding carboxylic acids is 1. The SMILES string of the molecule is O=C(NCC1(C(=O)O)CC1)c1cccc(OCc2ccc(Cl)cc2)c1. The lowest BCUT2D eigenvalue weighted by Crippen LogP contribution is -2.34. The van der Waals surface area contributed by atoms with Crippen molar-refractivity contribution >= 4 is 23.5 Å². The van der Waals surface area contributed by atoms with Crippen LogP contribution in [0.4, 0.5) is 0 Å². The zero-order chi connectivity index (χ0) is 17.9. The first-order valence-corrected chi connectivity index (χ1v) is 8.35. The molecule has 0 heterocycles. The molecule has 1 aliphatic carbocycles. The van der Waals surface area contributed by atoms with Crippen molar-refractivity contribution in [1.82, 2.24) is 5.32 Å². The molecule has 0 aliphatic heterocycles. The standard InChI is InChI=1S/C19H18ClNO4/c20-15-6-4-13(5-7-15)11-25-16-3-1-2-14(10-16)17(22)21-12-19(8-9-19)18(23)24/h1-7,10H,8-9,11-12H2,(H,21,22)(H,23,24). The molecule has 0 aromatic heterocycles. The quantitative estimate of drug-likeness (QED) is 0.793. The zero-order valence-electron chi connectivity index (χ0n) is 13.5. The summed E-state index contributed by atoms with van der Waals surface area (Å²) in [5, 5.41) is 12.5. The second-order valence-electron chi connectivity index (χ2n) is 6.21. The normalized spacial score (nSPS) is 14.6. The maximum absolute atomic E-state index is 12.2. The van der Waals surface area contributed by atoms with Crippen LogP contribution in [0.25, 0.3) is 0 Å². The topological polar surface area (TPSA) is 75.6 Å². The average molecular weight is 360 g/mol. The summed E-state index contributed by atoms with van der Waals surface area (Å²) < 4.78 is 5.70. The van der Waals surface area contributed by atoms with Crippen LogP contribution in [0.5, 0.6) is 5.75 Å². The molecule has 1 saturated carbocycles. The predicted octanol–water partition coefficient (Wildman–Crippen LogP) is 3.51. The van der Waals surface area contributed by atoms with Crippen LogP contribution >= 0.6 is 11.6 Å². The highest BCUT2D eigenvalue weighted by molar-refractivity contribution is 6.30. The van der Waals surface area contributed by atoms with Crippen molar-refractivity contribution in [3.05, 3.63) is 64.7 Å². The van der Waals surface area contributed by atoms with Crippen molar-refractivity contribution in [2.24, 2.45) is 5.41 Å². The first-order chi connectivity index (χ1) is 12.0. The molecule has 2 N–H and O–H groups in total. The molecule has 1 aliphatic rings. The summed E-state index contributed by atoms with van der Waals surface area (Å²) in [6.07, 6.45) is 1.21. The number of aliphatic carboxylic acids is 1. The number of halogens is 1. The van der Waals surface area contributed by atoms with Gasteiger partial charge in [0, 0.05) is 17.1 Å². The molecule has 5 nitrogen and oxygen atoms in total. The molecule has 0 spiro atoms. The van der Waals surface area contributed by atoms with E-state index in [0.717, 1.165) is 5.56 Å². The molecule has 0 atom stereocenters. The van der Waals surface area contributed by atoms with Gasteiger partial charge >= 0.3 is 5.97 Å². The van der Waals surface area contributed by atoms with E-state index in [0.29, 0.717) is 35.8 Å². The summed E-state index contributed by atoms with van der Waals surface area (Å²) in [6, 6.07) is 14.2. The van der Waals surface area contributed by atoms with E-state index in [1.165, 1.54) is 0 Å². The Bertz CT molecular complexity index is 784. The van der Waals surface area contributed by atoms with Gasteiger partial charge in [0.25, 0.3) is 5.91 Å². The second kappa shape index (κ2) is 7.15. The van der Waals surface area contributed by atoms with E-state index >= 15 is 0 Å². The van der Waals surface area contributed by atoms with Gasteiger partial charge < -0.3 is 15.2 Å². The molecule has 0 bridgehead atoms. The highest BCUT2D eigenvalue weighted by Crippen LogP contribution is 2.45. The largest absolute Gasteiger partial charge is 0.489 e. The number of carbonyl (C=O) groups is 2. The van der Waals surface area contributed by atoms with E-state index in [1.54, 1.807) is 36.4 Å². The van der Waals surface area contributed by atoms with Gasteiger partial charge in [-0.15, -0.1) is 0 Å². The van der Waals surface area contributed by atoms with E-state index in [4.69, 9.17) is 21.4 Å². The second-order valence-corrected chi connectivity index (χ2v) is 6.65. The van der Waals surface area contributed by atoms with Crippen LogP contribution in [-0.2, 0) is 11.4 Å². The van der Waals surface area contributed by atoms with Gasteiger partial charge in [-0.05, 0) is 48.7 Å². The van der Waals surface area contributed by atoms with Crippen molar-refractivity contribution in [3.8, 4) is 5.75 Å². The van der Waals surface area contributed by atoms with Gasteiger partial charge in [0.1, 0.15) is 12.4 Å². The summed E-state index contributed by atoms with van der Waals surface area (Å²) in [6.45, 7) is 0.515. The van der Waals surface area contributed by atoms with Crippen LogP contribution in [0.3, 0.4) is 0 Å². The summed E-state index contributed by atoms with van der Waals surface area (Å²) >= 11 is 5.85. The molecule has 1 amide bonds. The Morgan fingerprint density at radius 1 is 1.16 bits per heavy atom. The Morgan fingerprint density at radius 2 is 1.88 bits per heavy atom. The number of carboxylic acids is 1. The number of rotatable bonds is 7. The van der Waals surface area contributed by atoms with Gasteiger partial charge in [-0.2, -0.15) is 0 Å². The lowest BCUT2D eigenvalue weighted by atomic mass is 10.1. The molecule has 0 unspecified atom stereocenters. The number of hydrogen-bond donors (Lipinski definition) is 2. The third-order valence-electron chi connectivity index (χ3n) is 4.31. The minimum Gasteiger partial charge on any atom is -0.489 e. The lowest BCUT2D eigenvalue weighted by molar-refractivity contribution is -0.143. The number of nitrogens with one attached hydrogen (secondary N) is 1. The van der Waals surface area contributed by atoms with Crippen molar-refractivity contribution in [3.63, 3.8) is 0 Å². The Balaban J connectivity index is 1.58. The highest BCUT2D eigenvalue weighted by Gasteiger charge is 2.50. The number of hydrogen-bond acceptors (Lipinski definition) is 3. The fourth-order valence-corrected chi connectivity index (χ4v) is 2.57. The Labute approximate surface area is 150 Å². The van der Waals surface area contributed by atoms with Crippen LogP contribution in [0.2, 0.25) is 5.02 Å². The van der Waals surface area contributed by atoms with Crippen LogP contribution in [0, 0.1) is 5.41 Å². The van der Waals surface area contributed by atoms with Gasteiger partial charge in [0.15, 0.2) is 0 Å². The van der Waals surface area contributed by atoms with Crippen LogP contribution in [-0.4, -0.2) is 23.5 Å². The Kier molecular flexibility index (Phi) is 4.95. The molecule has 25 heavy (non-hydrogen) atoms. The minimum atomic E-state index is -0.854. The van der Waals surface area contributed by atoms with Crippen molar-refractivity contribution in [2.45, 2.75) is 19.4 Å². The molecular weight excluding hydrogens is 342 g/mol. The zero-order valence-corrected chi connectivity index (χ0v) is 14.3. The fourth-order valence-electron chi connectivity index (χ4n) is 2.44. The Hall–Kier alpha value is -2.53. The first kappa shape index (κ1) is 17.3. The molecule has 2 aromatic rings. The van der Waals surface area contributed by atoms with E-state index in [-0.39, 0.29) is 12.5 Å². The van der Waals surface area contributed by atoms with E-state index in [1.807, 2.05) is 12.1 Å². The van der Waals surface area contributed by atoms with Gasteiger partial charge in [-0.25, -0.2) is 0 Å². The van der Waals surface area contributed by atoms with Gasteiger partial charge in [0.2, 0.25) is 0 Å². The molecule has 3 rings (SSSR count). The van der Waals surface area contributed by atoms with Crippen molar-refractivity contribution in [1.29, 1.82) is 0 Å². The summed E-state index contributed by atoms with van der Waals surface area (Å²) in [5.74, 6) is -0.584. The van der Waals surface area contributed by atoms with Gasteiger partial charge in [-0.3, -0.25) is 9.59 Å². The maximum atomic E-state index is 12.2. The smallest absolute Gasteiger partial charge is 0.311 e. The number of amides is 1. The van der Waals surface area contributed by atoms with Crippen molar-refractivity contribution < 1.29 is 19.4 Å². The summed E-state index contributed by atoms with van der Waals surface area (Å²) in [4.78, 5) is 23.4. The molecular formula is C19H18ClNO4. The summed E-state index contributed by atoms with van der Waals surface area (Å²) in [5.41, 5.74) is 0.629. The van der Waals surface area contributed by atoms with E-state index in [2.05, 4.69) is 5.32 Å². The van der Waals surface area contributed by atoms with Gasteiger partial charge in [-0.1, -0.05) is 29.8 Å². The fraction of sp³-hybridized carbons (Fsp3) is 0.263. The maximum Gasteiger partial charge on any atom is 0.311 e. The lowest BCUT2D eigenvalue weighted by Gasteiger charge is -2.12. The monoisotopic (exact) mass is 359 g/mol. The predicted molar refractivity (Wildman–Crippen MR) is 93.9 cm³/mol. The number of benzene rings is 2. The van der Waals surface area contributed by atoms with Crippen molar-refractivity contribution in [2.75, 3.05) is 6.54 Å². The highest BCUT2D eigenvalue weighted by atomic mass is 35.5. The third kappa shape index (κ3) is 4.31. The molecule has 0 radical (unpaired) electrons. The Morgan fingerprint density at radius 3 is 2.52 bits per heavy atom. The number of ether oxygens (including phenoxy) is 1. The molecule has 130 valence electrons. The molecule has 6 heteroatoms. The van der Waals surface area contributed by atoms with Crippen LogP contribution in [0.15, 0.2) is 48.5 Å². The first-order valence-electron chi connectivity index (χ1n) is 7.97. The van der Waals surface area contributed by atoms with E-state index < -0.39 is 11.4 Å². The van der Waals surface area contributed by atoms with Crippen LogP contribution in [0.1, 0.15) is 28.8 Å².